The number of nitrogens with zero attached hydrogens (tertiary/aromatic N) is 1. The molecule has 1 aromatic rings. The highest BCUT2D eigenvalue weighted by molar-refractivity contribution is 7.91. The maximum absolute atomic E-state index is 12.0. The molecule has 120 valence electrons. The molecule has 8 heteroatoms. The minimum atomic E-state index is -3.55. The summed E-state index contributed by atoms with van der Waals surface area (Å²) in [4.78, 5) is 13.2. The lowest BCUT2D eigenvalue weighted by Gasteiger charge is -2.22. The van der Waals surface area contributed by atoms with Crippen molar-refractivity contribution < 1.29 is 13.2 Å². The Kier molecular flexibility index (Phi) is 7.12. The first-order valence-corrected chi connectivity index (χ1v) is 9.40. The minimum Gasteiger partial charge on any atom is -0.342 e. The van der Waals surface area contributed by atoms with Crippen molar-refractivity contribution in [3.8, 4) is 0 Å². The van der Waals surface area contributed by atoms with Gasteiger partial charge in [0.1, 0.15) is 4.21 Å². The van der Waals surface area contributed by atoms with Gasteiger partial charge in [0.15, 0.2) is 0 Å². The first-order chi connectivity index (χ1) is 9.72. The van der Waals surface area contributed by atoms with Crippen molar-refractivity contribution in [3.05, 3.63) is 16.5 Å². The second kappa shape index (κ2) is 8.12. The molecule has 0 bridgehead atoms. The van der Waals surface area contributed by atoms with Gasteiger partial charge in [-0.3, -0.25) is 4.79 Å². The van der Waals surface area contributed by atoms with Crippen LogP contribution in [0.1, 0.15) is 27.2 Å². The standard InChI is InChI=1S/C13H21ClN2O3S2/c1-10(2)6-8-16(11(3)17)9-7-15-21(18,19)13-5-4-12(14)20-13/h4-5,10,15H,6-9H2,1-3H3. The van der Waals surface area contributed by atoms with Crippen LogP contribution >= 0.6 is 22.9 Å². The predicted molar refractivity (Wildman–Crippen MR) is 86.2 cm³/mol. The van der Waals surface area contributed by atoms with E-state index in [-0.39, 0.29) is 16.7 Å². The predicted octanol–water partition coefficient (Wildman–Crippen LogP) is 2.57. The second-order valence-corrected chi connectivity index (χ2v) is 8.85. The Labute approximate surface area is 135 Å². The summed E-state index contributed by atoms with van der Waals surface area (Å²) in [5.74, 6) is 0.450. The number of amides is 1. The minimum absolute atomic E-state index is 0.0472. The summed E-state index contributed by atoms with van der Waals surface area (Å²) in [6.45, 7) is 6.85. The molecule has 0 aliphatic heterocycles. The van der Waals surface area contributed by atoms with Crippen LogP contribution in [-0.2, 0) is 14.8 Å². The molecule has 1 heterocycles. The molecule has 0 fully saturated rings. The summed E-state index contributed by atoms with van der Waals surface area (Å²) in [7, 11) is -3.55. The molecule has 5 nitrogen and oxygen atoms in total. The van der Waals surface area contributed by atoms with Gasteiger partial charge in [0, 0.05) is 26.6 Å². The fourth-order valence-corrected chi connectivity index (χ4v) is 4.22. The Morgan fingerprint density at radius 2 is 2.05 bits per heavy atom. The second-order valence-electron chi connectivity index (χ2n) is 5.14. The number of rotatable bonds is 8. The zero-order valence-electron chi connectivity index (χ0n) is 12.4. The van der Waals surface area contributed by atoms with Gasteiger partial charge in [0.25, 0.3) is 0 Å². The van der Waals surface area contributed by atoms with E-state index in [1.807, 2.05) is 0 Å². The normalized spacial score (nSPS) is 11.9. The molecule has 0 saturated carbocycles. The Morgan fingerprint density at radius 1 is 1.38 bits per heavy atom. The van der Waals surface area contributed by atoms with Gasteiger partial charge in [0.2, 0.25) is 15.9 Å². The van der Waals surface area contributed by atoms with Gasteiger partial charge in [-0.15, -0.1) is 11.3 Å². The number of hydrogen-bond donors (Lipinski definition) is 1. The van der Waals surface area contributed by atoms with E-state index in [1.54, 1.807) is 11.0 Å². The van der Waals surface area contributed by atoms with E-state index in [0.29, 0.717) is 23.3 Å². The van der Waals surface area contributed by atoms with Crippen molar-refractivity contribution in [2.24, 2.45) is 5.92 Å². The summed E-state index contributed by atoms with van der Waals surface area (Å²) < 4.78 is 27.1. The van der Waals surface area contributed by atoms with Gasteiger partial charge in [-0.1, -0.05) is 25.4 Å². The molecule has 0 aliphatic carbocycles. The molecule has 0 radical (unpaired) electrons. The molecule has 0 spiro atoms. The van der Waals surface area contributed by atoms with Crippen molar-refractivity contribution >= 4 is 38.9 Å². The molecule has 0 atom stereocenters. The number of carbonyl (C=O) groups is 1. The van der Waals surface area contributed by atoms with Crippen LogP contribution in [0.15, 0.2) is 16.3 Å². The topological polar surface area (TPSA) is 66.5 Å². The third-order valence-corrected chi connectivity index (χ3v) is 6.09. The molecule has 1 rings (SSSR count). The van der Waals surface area contributed by atoms with E-state index < -0.39 is 10.0 Å². The quantitative estimate of drug-likeness (QED) is 0.781. The average Bonchev–Trinajstić information content (AvgIpc) is 2.80. The largest absolute Gasteiger partial charge is 0.342 e. The van der Waals surface area contributed by atoms with Crippen LogP contribution in [0.4, 0.5) is 0 Å². The highest BCUT2D eigenvalue weighted by atomic mass is 35.5. The third-order valence-electron chi connectivity index (χ3n) is 2.91. The molecule has 21 heavy (non-hydrogen) atoms. The van der Waals surface area contributed by atoms with Crippen molar-refractivity contribution in [1.29, 1.82) is 0 Å². The number of hydrogen-bond acceptors (Lipinski definition) is 4. The SMILES string of the molecule is CC(=O)N(CCNS(=O)(=O)c1ccc(Cl)s1)CCC(C)C. The molecule has 1 aromatic heterocycles. The maximum Gasteiger partial charge on any atom is 0.250 e. The monoisotopic (exact) mass is 352 g/mol. The lowest BCUT2D eigenvalue weighted by Crippen LogP contribution is -2.38. The molecule has 0 saturated heterocycles. The lowest BCUT2D eigenvalue weighted by atomic mass is 10.1. The fraction of sp³-hybridized carbons (Fsp3) is 0.615. The van der Waals surface area contributed by atoms with Crippen LogP contribution in [0, 0.1) is 5.92 Å². The number of nitrogens with one attached hydrogen (secondary N) is 1. The zero-order valence-corrected chi connectivity index (χ0v) is 14.8. The molecule has 1 N–H and O–H groups in total. The molecule has 0 unspecified atom stereocenters. The Hall–Kier alpha value is -0.630. The fourth-order valence-electron chi connectivity index (χ4n) is 1.67. The van der Waals surface area contributed by atoms with E-state index in [4.69, 9.17) is 11.6 Å². The van der Waals surface area contributed by atoms with Crippen LogP contribution in [0.2, 0.25) is 4.34 Å². The first kappa shape index (κ1) is 18.4. The Balaban J connectivity index is 2.51. The number of thiophene rings is 1. The van der Waals surface area contributed by atoms with Crippen molar-refractivity contribution in [1.82, 2.24) is 9.62 Å². The lowest BCUT2D eigenvalue weighted by molar-refractivity contribution is -0.128. The van der Waals surface area contributed by atoms with Crippen LogP contribution in [0.3, 0.4) is 0 Å². The Morgan fingerprint density at radius 3 is 2.52 bits per heavy atom. The number of sulfonamides is 1. The molecule has 0 aliphatic rings. The van der Waals surface area contributed by atoms with Gasteiger partial charge in [0.05, 0.1) is 4.34 Å². The van der Waals surface area contributed by atoms with E-state index >= 15 is 0 Å². The van der Waals surface area contributed by atoms with Crippen molar-refractivity contribution in [3.63, 3.8) is 0 Å². The number of carbonyl (C=O) groups excluding carboxylic acids is 1. The highest BCUT2D eigenvalue weighted by Gasteiger charge is 2.17. The van der Waals surface area contributed by atoms with Gasteiger partial charge < -0.3 is 4.90 Å². The summed E-state index contributed by atoms with van der Waals surface area (Å²) in [6, 6.07) is 3.02. The maximum atomic E-state index is 12.0. The molecule has 0 aromatic carbocycles. The first-order valence-electron chi connectivity index (χ1n) is 6.73. The molecule has 1 amide bonds. The molecular weight excluding hydrogens is 332 g/mol. The average molecular weight is 353 g/mol. The summed E-state index contributed by atoms with van der Waals surface area (Å²) >= 11 is 6.75. The highest BCUT2D eigenvalue weighted by Crippen LogP contribution is 2.25. The summed E-state index contributed by atoms with van der Waals surface area (Å²) in [6.07, 6.45) is 0.896. The van der Waals surface area contributed by atoms with Crippen molar-refractivity contribution in [2.45, 2.75) is 31.4 Å². The van der Waals surface area contributed by atoms with E-state index in [2.05, 4.69) is 18.6 Å². The van der Waals surface area contributed by atoms with Crippen LogP contribution in [-0.4, -0.2) is 38.9 Å². The van der Waals surface area contributed by atoms with E-state index in [0.717, 1.165) is 17.8 Å². The third kappa shape index (κ3) is 6.34. The zero-order chi connectivity index (χ0) is 16.0. The van der Waals surface area contributed by atoms with Gasteiger partial charge >= 0.3 is 0 Å². The van der Waals surface area contributed by atoms with Gasteiger partial charge in [-0.05, 0) is 24.5 Å². The van der Waals surface area contributed by atoms with Crippen LogP contribution in [0.25, 0.3) is 0 Å². The van der Waals surface area contributed by atoms with Gasteiger partial charge in [-0.2, -0.15) is 0 Å². The van der Waals surface area contributed by atoms with Crippen LogP contribution in [0.5, 0.6) is 0 Å². The number of halogens is 1. The van der Waals surface area contributed by atoms with E-state index in [1.165, 1.54) is 13.0 Å². The smallest absolute Gasteiger partial charge is 0.250 e. The Bertz CT molecular complexity index is 570. The molecular formula is C13H21ClN2O3S2. The van der Waals surface area contributed by atoms with E-state index in [9.17, 15) is 13.2 Å². The summed E-state index contributed by atoms with van der Waals surface area (Å²) in [5, 5.41) is 0. The van der Waals surface area contributed by atoms with Crippen LogP contribution < -0.4 is 4.72 Å². The summed E-state index contributed by atoms with van der Waals surface area (Å²) in [5.41, 5.74) is 0. The van der Waals surface area contributed by atoms with Crippen molar-refractivity contribution in [2.75, 3.05) is 19.6 Å². The van der Waals surface area contributed by atoms with Gasteiger partial charge in [-0.25, -0.2) is 13.1 Å².